The van der Waals surface area contributed by atoms with E-state index in [0.717, 1.165) is 13.2 Å². The number of carbonyl (C=O) groups is 1. The van der Waals surface area contributed by atoms with Gasteiger partial charge in [-0.15, -0.1) is 0 Å². The predicted octanol–water partition coefficient (Wildman–Crippen LogP) is -0.270. The Balaban J connectivity index is 2.39. The Bertz CT molecular complexity index is 130. The monoisotopic (exact) mass is 142 g/mol. The van der Waals surface area contributed by atoms with Crippen LogP contribution in [0.3, 0.4) is 0 Å². The Morgan fingerprint density at radius 3 is 2.80 bits per heavy atom. The molecule has 3 heteroatoms. The summed E-state index contributed by atoms with van der Waals surface area (Å²) in [6.45, 7) is 5.36. The van der Waals surface area contributed by atoms with E-state index in [1.54, 1.807) is 6.92 Å². The summed E-state index contributed by atoms with van der Waals surface area (Å²) in [5.41, 5.74) is 0. The first-order valence-corrected chi connectivity index (χ1v) is 3.66. The fourth-order valence-electron chi connectivity index (χ4n) is 1.14. The van der Waals surface area contributed by atoms with E-state index in [9.17, 15) is 4.79 Å². The number of carbonyl (C=O) groups excluding carboxylic acids is 1. The van der Waals surface area contributed by atoms with Crippen molar-refractivity contribution >= 4 is 5.78 Å². The Kier molecular flexibility index (Phi) is 2.40. The average molecular weight is 142 g/mol. The highest BCUT2D eigenvalue weighted by Crippen LogP contribution is 2.05. The zero-order chi connectivity index (χ0) is 7.56. The highest BCUT2D eigenvalue weighted by Gasteiger charge is 2.23. The van der Waals surface area contributed by atoms with Gasteiger partial charge in [0.1, 0.15) is 5.78 Å². The molecule has 0 radical (unpaired) electrons. The molecule has 2 N–H and O–H groups in total. The van der Waals surface area contributed by atoms with Gasteiger partial charge >= 0.3 is 0 Å². The minimum absolute atomic E-state index is 0.148. The van der Waals surface area contributed by atoms with Crippen LogP contribution in [0.25, 0.3) is 0 Å². The van der Waals surface area contributed by atoms with E-state index in [1.165, 1.54) is 0 Å². The van der Waals surface area contributed by atoms with E-state index in [0.29, 0.717) is 6.04 Å². The van der Waals surface area contributed by atoms with Crippen LogP contribution in [0.2, 0.25) is 0 Å². The van der Waals surface area contributed by atoms with Gasteiger partial charge in [-0.1, -0.05) is 6.92 Å². The summed E-state index contributed by atoms with van der Waals surface area (Å²) >= 11 is 0. The Labute approximate surface area is 61.2 Å². The maximum absolute atomic E-state index is 10.9. The van der Waals surface area contributed by atoms with Gasteiger partial charge in [0, 0.05) is 25.2 Å². The second-order valence-corrected chi connectivity index (χ2v) is 2.84. The van der Waals surface area contributed by atoms with Gasteiger partial charge in [-0.3, -0.25) is 10.1 Å². The molecule has 2 atom stereocenters. The molecule has 0 aromatic carbocycles. The molecular weight excluding hydrogens is 128 g/mol. The van der Waals surface area contributed by atoms with Crippen molar-refractivity contribution in [3.05, 3.63) is 0 Å². The van der Waals surface area contributed by atoms with Gasteiger partial charge in [-0.2, -0.15) is 0 Å². The van der Waals surface area contributed by atoms with Crippen molar-refractivity contribution in [2.75, 3.05) is 13.2 Å². The summed E-state index contributed by atoms with van der Waals surface area (Å²) in [7, 11) is 0. The third-order valence-electron chi connectivity index (χ3n) is 2.10. The van der Waals surface area contributed by atoms with E-state index in [-0.39, 0.29) is 11.7 Å². The lowest BCUT2D eigenvalue weighted by atomic mass is 9.99. The molecule has 1 aliphatic rings. The average Bonchev–Trinajstić information content (AvgIpc) is 2.36. The van der Waals surface area contributed by atoms with E-state index in [4.69, 9.17) is 0 Å². The third kappa shape index (κ3) is 1.55. The quantitative estimate of drug-likeness (QED) is 0.557. The molecule has 1 saturated heterocycles. The van der Waals surface area contributed by atoms with Crippen molar-refractivity contribution in [1.29, 1.82) is 0 Å². The second-order valence-electron chi connectivity index (χ2n) is 2.84. The van der Waals surface area contributed by atoms with Gasteiger partial charge in [0.05, 0.1) is 0 Å². The van der Waals surface area contributed by atoms with Crippen molar-refractivity contribution in [3.8, 4) is 0 Å². The number of hydrogen-bond donors (Lipinski definition) is 2. The molecule has 0 aliphatic carbocycles. The fraction of sp³-hybridized carbons (Fsp3) is 0.857. The summed E-state index contributed by atoms with van der Waals surface area (Å²) in [5.74, 6) is 0.413. The first-order valence-electron chi connectivity index (χ1n) is 3.66. The molecule has 2 unspecified atom stereocenters. The van der Waals surface area contributed by atoms with Crippen LogP contribution in [-0.4, -0.2) is 25.0 Å². The van der Waals surface area contributed by atoms with Gasteiger partial charge in [-0.25, -0.2) is 0 Å². The molecule has 0 aromatic rings. The fourth-order valence-corrected chi connectivity index (χ4v) is 1.14. The number of rotatable bonds is 2. The SMILES string of the molecule is CC(=O)C(C)C1CNCN1. The van der Waals surface area contributed by atoms with Gasteiger partial charge in [0.25, 0.3) is 0 Å². The molecule has 0 spiro atoms. The van der Waals surface area contributed by atoms with Crippen LogP contribution in [0.1, 0.15) is 13.8 Å². The first-order chi connectivity index (χ1) is 4.72. The molecule has 1 fully saturated rings. The standard InChI is InChI=1S/C7H14N2O/c1-5(6(2)10)7-3-8-4-9-7/h5,7-9H,3-4H2,1-2H3. The lowest BCUT2D eigenvalue weighted by Crippen LogP contribution is -2.34. The Morgan fingerprint density at radius 2 is 2.40 bits per heavy atom. The Hall–Kier alpha value is -0.410. The highest BCUT2D eigenvalue weighted by molar-refractivity contribution is 5.78. The topological polar surface area (TPSA) is 41.1 Å². The molecule has 3 nitrogen and oxygen atoms in total. The number of hydrogen-bond acceptors (Lipinski definition) is 3. The minimum Gasteiger partial charge on any atom is -0.303 e. The van der Waals surface area contributed by atoms with Crippen molar-refractivity contribution in [1.82, 2.24) is 10.6 Å². The zero-order valence-electron chi connectivity index (χ0n) is 6.48. The van der Waals surface area contributed by atoms with Crippen molar-refractivity contribution in [2.45, 2.75) is 19.9 Å². The van der Waals surface area contributed by atoms with E-state index in [1.807, 2.05) is 6.92 Å². The smallest absolute Gasteiger partial charge is 0.134 e. The summed E-state index contributed by atoms with van der Waals surface area (Å²) in [5, 5.41) is 6.35. The van der Waals surface area contributed by atoms with Crippen LogP contribution in [0.4, 0.5) is 0 Å². The van der Waals surface area contributed by atoms with E-state index < -0.39 is 0 Å². The van der Waals surface area contributed by atoms with Gasteiger partial charge < -0.3 is 5.32 Å². The second kappa shape index (κ2) is 3.12. The van der Waals surface area contributed by atoms with Crippen molar-refractivity contribution < 1.29 is 4.79 Å². The Morgan fingerprint density at radius 1 is 1.70 bits per heavy atom. The number of ketones is 1. The summed E-state index contributed by atoms with van der Waals surface area (Å²) < 4.78 is 0. The molecule has 0 amide bonds. The maximum atomic E-state index is 10.9. The molecule has 1 rings (SSSR count). The van der Waals surface area contributed by atoms with Crippen molar-refractivity contribution in [2.24, 2.45) is 5.92 Å². The van der Waals surface area contributed by atoms with Gasteiger partial charge in [-0.05, 0) is 6.92 Å². The normalized spacial score (nSPS) is 28.4. The van der Waals surface area contributed by atoms with Gasteiger partial charge in [0.2, 0.25) is 0 Å². The molecule has 0 bridgehead atoms. The molecule has 0 aromatic heterocycles. The zero-order valence-corrected chi connectivity index (χ0v) is 6.48. The van der Waals surface area contributed by atoms with E-state index in [2.05, 4.69) is 10.6 Å². The first kappa shape index (κ1) is 7.69. The maximum Gasteiger partial charge on any atom is 0.134 e. The number of nitrogens with one attached hydrogen (secondary N) is 2. The highest BCUT2D eigenvalue weighted by atomic mass is 16.1. The van der Waals surface area contributed by atoms with Crippen molar-refractivity contribution in [3.63, 3.8) is 0 Å². The van der Waals surface area contributed by atoms with Crippen LogP contribution in [0.5, 0.6) is 0 Å². The van der Waals surface area contributed by atoms with Crippen LogP contribution in [-0.2, 0) is 4.79 Å². The molecule has 1 aliphatic heterocycles. The van der Waals surface area contributed by atoms with Crippen LogP contribution >= 0.6 is 0 Å². The van der Waals surface area contributed by atoms with Crippen LogP contribution in [0, 0.1) is 5.92 Å². The number of Topliss-reactive ketones (excluding diaryl/α,β-unsaturated/α-hetero) is 1. The third-order valence-corrected chi connectivity index (χ3v) is 2.10. The van der Waals surface area contributed by atoms with Crippen LogP contribution in [0.15, 0.2) is 0 Å². The molecule has 58 valence electrons. The molecule has 1 heterocycles. The summed E-state index contributed by atoms with van der Waals surface area (Å²) in [6.07, 6.45) is 0. The molecule has 10 heavy (non-hydrogen) atoms. The van der Waals surface area contributed by atoms with E-state index >= 15 is 0 Å². The molecule has 0 saturated carbocycles. The minimum atomic E-state index is 0.148. The largest absolute Gasteiger partial charge is 0.303 e. The lowest BCUT2D eigenvalue weighted by molar-refractivity contribution is -0.120. The van der Waals surface area contributed by atoms with Crippen LogP contribution < -0.4 is 10.6 Å². The van der Waals surface area contributed by atoms with Gasteiger partial charge in [0.15, 0.2) is 0 Å². The lowest BCUT2D eigenvalue weighted by Gasteiger charge is -2.14. The predicted molar refractivity (Wildman–Crippen MR) is 39.6 cm³/mol. The molecular formula is C7H14N2O. The summed E-state index contributed by atoms with van der Waals surface area (Å²) in [6, 6.07) is 0.345. The summed E-state index contributed by atoms with van der Waals surface area (Å²) in [4.78, 5) is 10.9.